The van der Waals surface area contributed by atoms with E-state index in [0.29, 0.717) is 23.1 Å². The summed E-state index contributed by atoms with van der Waals surface area (Å²) in [6, 6.07) is 5.39. The van der Waals surface area contributed by atoms with Crippen LogP contribution in [0.5, 0.6) is 5.75 Å². The van der Waals surface area contributed by atoms with Gasteiger partial charge < -0.3 is 15.2 Å². The molecule has 14 heavy (non-hydrogen) atoms. The van der Waals surface area contributed by atoms with Gasteiger partial charge in [0, 0.05) is 6.42 Å². The first kappa shape index (κ1) is 9.62. The summed E-state index contributed by atoms with van der Waals surface area (Å²) in [4.78, 5) is 0. The molecule has 3 nitrogen and oxygen atoms in total. The summed E-state index contributed by atoms with van der Waals surface area (Å²) >= 11 is 5.86. The average Bonchev–Trinajstić information content (AvgIpc) is 2.66. The molecule has 1 atom stereocenters. The van der Waals surface area contributed by atoms with Gasteiger partial charge in [-0.2, -0.15) is 0 Å². The molecule has 0 bridgehead atoms. The molecule has 2 rings (SSSR count). The zero-order valence-corrected chi connectivity index (χ0v) is 8.46. The lowest BCUT2D eigenvalue weighted by atomic mass is 10.2. The highest BCUT2D eigenvalue weighted by Gasteiger charge is 2.18. The molecule has 1 heterocycles. The van der Waals surface area contributed by atoms with Crippen LogP contribution in [0.25, 0.3) is 0 Å². The van der Waals surface area contributed by atoms with E-state index in [2.05, 4.69) is 0 Å². The fraction of sp³-hybridized carbons (Fsp3) is 0.400. The fourth-order valence-electron chi connectivity index (χ4n) is 1.41. The van der Waals surface area contributed by atoms with Crippen molar-refractivity contribution >= 4 is 17.3 Å². The quantitative estimate of drug-likeness (QED) is 0.766. The molecule has 1 unspecified atom stereocenters. The Morgan fingerprint density at radius 2 is 2.36 bits per heavy atom. The van der Waals surface area contributed by atoms with Crippen LogP contribution in [0, 0.1) is 0 Å². The number of nitrogens with two attached hydrogens (primary N) is 1. The molecule has 0 aromatic heterocycles. The van der Waals surface area contributed by atoms with Crippen LogP contribution in [-0.4, -0.2) is 19.3 Å². The molecule has 0 radical (unpaired) electrons. The maximum Gasteiger partial charge on any atom is 0.144 e. The third kappa shape index (κ3) is 1.94. The number of hydrogen-bond donors (Lipinski definition) is 1. The molecule has 0 amide bonds. The maximum atomic E-state index is 5.86. The molecule has 1 fully saturated rings. The summed E-state index contributed by atoms with van der Waals surface area (Å²) in [6.07, 6.45) is 1.02. The van der Waals surface area contributed by atoms with Crippen LogP contribution in [0.3, 0.4) is 0 Å². The van der Waals surface area contributed by atoms with Crippen molar-refractivity contribution in [3.8, 4) is 5.75 Å². The molecule has 1 aliphatic heterocycles. The summed E-state index contributed by atoms with van der Waals surface area (Å²) in [5, 5.41) is 0.529. The molecule has 1 saturated heterocycles. The van der Waals surface area contributed by atoms with Crippen LogP contribution in [0.1, 0.15) is 6.42 Å². The predicted molar refractivity (Wildman–Crippen MR) is 55.7 cm³/mol. The average molecular weight is 214 g/mol. The second kappa shape index (κ2) is 4.07. The van der Waals surface area contributed by atoms with Crippen molar-refractivity contribution in [3.05, 3.63) is 23.2 Å². The van der Waals surface area contributed by atoms with E-state index in [1.54, 1.807) is 6.07 Å². The zero-order valence-electron chi connectivity index (χ0n) is 7.70. The Labute approximate surface area is 87.8 Å². The molecular weight excluding hydrogens is 202 g/mol. The molecule has 1 aliphatic rings. The lowest BCUT2D eigenvalue weighted by Gasteiger charge is -2.13. The van der Waals surface area contributed by atoms with Gasteiger partial charge in [0.2, 0.25) is 0 Å². The molecule has 0 spiro atoms. The van der Waals surface area contributed by atoms with Gasteiger partial charge in [-0.3, -0.25) is 0 Å². The fourth-order valence-corrected chi connectivity index (χ4v) is 1.57. The summed E-state index contributed by atoms with van der Waals surface area (Å²) in [5.41, 5.74) is 6.26. The Bertz CT molecular complexity index is 324. The first-order chi connectivity index (χ1) is 6.77. The van der Waals surface area contributed by atoms with Gasteiger partial charge in [0.1, 0.15) is 11.9 Å². The molecule has 0 aliphatic carbocycles. The van der Waals surface area contributed by atoms with Crippen LogP contribution >= 0.6 is 11.6 Å². The van der Waals surface area contributed by atoms with E-state index in [1.165, 1.54) is 0 Å². The highest BCUT2D eigenvalue weighted by atomic mass is 35.5. The minimum Gasteiger partial charge on any atom is -0.486 e. The number of nitrogen functional groups attached to an aromatic ring is 1. The molecule has 2 N–H and O–H groups in total. The number of benzene rings is 1. The predicted octanol–water partition coefficient (Wildman–Crippen LogP) is 2.09. The number of ether oxygens (including phenoxy) is 2. The van der Waals surface area contributed by atoms with Crippen molar-refractivity contribution < 1.29 is 9.47 Å². The van der Waals surface area contributed by atoms with Gasteiger partial charge in [0.15, 0.2) is 0 Å². The van der Waals surface area contributed by atoms with E-state index < -0.39 is 0 Å². The Morgan fingerprint density at radius 1 is 1.50 bits per heavy atom. The Hall–Kier alpha value is -0.930. The van der Waals surface area contributed by atoms with Crippen LogP contribution in [0.4, 0.5) is 5.69 Å². The molecule has 4 heteroatoms. The minimum absolute atomic E-state index is 0.107. The second-order valence-electron chi connectivity index (χ2n) is 3.26. The van der Waals surface area contributed by atoms with Gasteiger partial charge in [-0.1, -0.05) is 17.7 Å². The van der Waals surface area contributed by atoms with E-state index in [9.17, 15) is 0 Å². The van der Waals surface area contributed by atoms with Crippen molar-refractivity contribution in [2.24, 2.45) is 0 Å². The van der Waals surface area contributed by atoms with Gasteiger partial charge in [-0.15, -0.1) is 0 Å². The van der Waals surface area contributed by atoms with Crippen LogP contribution in [0.2, 0.25) is 5.02 Å². The molecule has 76 valence electrons. The van der Waals surface area contributed by atoms with Gasteiger partial charge >= 0.3 is 0 Å². The molecule has 1 aromatic carbocycles. The number of rotatable bonds is 2. The van der Waals surface area contributed by atoms with Crippen LogP contribution in [0.15, 0.2) is 18.2 Å². The molecule has 1 aromatic rings. The smallest absolute Gasteiger partial charge is 0.144 e. The lowest BCUT2D eigenvalue weighted by Crippen LogP contribution is -2.16. The van der Waals surface area contributed by atoms with Gasteiger partial charge in [0.05, 0.1) is 23.9 Å². The largest absolute Gasteiger partial charge is 0.486 e. The Morgan fingerprint density at radius 3 is 3.07 bits per heavy atom. The van der Waals surface area contributed by atoms with Crippen molar-refractivity contribution in [2.45, 2.75) is 12.5 Å². The zero-order chi connectivity index (χ0) is 9.97. The van der Waals surface area contributed by atoms with E-state index >= 15 is 0 Å². The Balaban J connectivity index is 2.11. The highest BCUT2D eigenvalue weighted by Crippen LogP contribution is 2.30. The Kier molecular flexibility index (Phi) is 2.79. The topological polar surface area (TPSA) is 44.5 Å². The normalized spacial score (nSPS) is 21.1. The highest BCUT2D eigenvalue weighted by molar-refractivity contribution is 6.33. The van der Waals surface area contributed by atoms with E-state index in [-0.39, 0.29) is 6.10 Å². The van der Waals surface area contributed by atoms with Crippen molar-refractivity contribution in [1.82, 2.24) is 0 Å². The molecular formula is C10H12ClNO2. The SMILES string of the molecule is Nc1c(Cl)cccc1OC1CCOC1. The standard InChI is InChI=1S/C10H12ClNO2/c11-8-2-1-3-9(10(8)12)14-7-4-5-13-6-7/h1-3,7H,4-6,12H2. The van der Waals surface area contributed by atoms with E-state index in [1.807, 2.05) is 12.1 Å². The van der Waals surface area contributed by atoms with E-state index in [4.69, 9.17) is 26.8 Å². The van der Waals surface area contributed by atoms with Gasteiger partial charge in [-0.25, -0.2) is 0 Å². The van der Waals surface area contributed by atoms with Gasteiger partial charge in [0.25, 0.3) is 0 Å². The summed E-state index contributed by atoms with van der Waals surface area (Å²) < 4.78 is 10.9. The van der Waals surface area contributed by atoms with Crippen LogP contribution in [-0.2, 0) is 4.74 Å². The number of hydrogen-bond acceptors (Lipinski definition) is 3. The number of halogens is 1. The van der Waals surface area contributed by atoms with Crippen molar-refractivity contribution in [3.63, 3.8) is 0 Å². The van der Waals surface area contributed by atoms with Gasteiger partial charge in [-0.05, 0) is 12.1 Å². The maximum absolute atomic E-state index is 5.86. The second-order valence-corrected chi connectivity index (χ2v) is 3.66. The monoisotopic (exact) mass is 213 g/mol. The third-order valence-electron chi connectivity index (χ3n) is 2.19. The van der Waals surface area contributed by atoms with Crippen molar-refractivity contribution in [1.29, 1.82) is 0 Å². The summed E-state index contributed by atoms with van der Waals surface area (Å²) in [6.45, 7) is 1.39. The lowest BCUT2D eigenvalue weighted by molar-refractivity contribution is 0.142. The first-order valence-electron chi connectivity index (χ1n) is 4.56. The van der Waals surface area contributed by atoms with Crippen LogP contribution < -0.4 is 10.5 Å². The molecule has 0 saturated carbocycles. The first-order valence-corrected chi connectivity index (χ1v) is 4.93. The summed E-state index contributed by atoms with van der Waals surface area (Å²) in [7, 11) is 0. The minimum atomic E-state index is 0.107. The third-order valence-corrected chi connectivity index (χ3v) is 2.52. The van der Waals surface area contributed by atoms with E-state index in [0.717, 1.165) is 13.0 Å². The number of anilines is 1. The summed E-state index contributed by atoms with van der Waals surface area (Å²) in [5.74, 6) is 0.646. The van der Waals surface area contributed by atoms with Crippen molar-refractivity contribution in [2.75, 3.05) is 18.9 Å². The number of para-hydroxylation sites is 1.